The molecule has 6 nitrogen and oxygen atoms in total. The van der Waals surface area contributed by atoms with Crippen molar-refractivity contribution in [2.45, 2.75) is 25.2 Å². The number of rotatable bonds is 2. The van der Waals surface area contributed by atoms with Crippen LogP contribution in [0, 0.1) is 0 Å². The highest BCUT2D eigenvalue weighted by Crippen LogP contribution is 2.48. The quantitative estimate of drug-likeness (QED) is 0.521. The van der Waals surface area contributed by atoms with Crippen LogP contribution in [0.1, 0.15) is 36.4 Å². The molecule has 0 saturated heterocycles. The number of hydrogen-bond donors (Lipinski definition) is 1. The Morgan fingerprint density at radius 2 is 1.84 bits per heavy atom. The number of aromatic nitrogens is 3. The number of benzene rings is 3. The fourth-order valence-electron chi connectivity index (χ4n) is 4.64. The maximum Gasteiger partial charge on any atom is 0.163 e. The van der Waals surface area contributed by atoms with Gasteiger partial charge in [-0.1, -0.05) is 35.5 Å². The molecule has 2 aliphatic rings. The van der Waals surface area contributed by atoms with Gasteiger partial charge in [0.1, 0.15) is 17.3 Å². The van der Waals surface area contributed by atoms with E-state index in [-0.39, 0.29) is 17.5 Å². The molecule has 0 fully saturated rings. The first kappa shape index (κ1) is 17.9. The SMILES string of the molecule is O=C1CCCC2=C1C(c1cn(-c3ccc(O)cc3)nn1)c1c(ccc3ccccc13)O2. The average molecular weight is 409 g/mol. The molecule has 0 saturated carbocycles. The lowest BCUT2D eigenvalue weighted by Crippen LogP contribution is -2.26. The number of aromatic hydroxyl groups is 1. The summed E-state index contributed by atoms with van der Waals surface area (Å²) < 4.78 is 7.92. The molecule has 152 valence electrons. The van der Waals surface area contributed by atoms with Crippen molar-refractivity contribution in [1.82, 2.24) is 15.0 Å². The van der Waals surface area contributed by atoms with Gasteiger partial charge < -0.3 is 9.84 Å². The number of ether oxygens (including phenoxy) is 1. The number of ketones is 1. The van der Waals surface area contributed by atoms with E-state index in [0.717, 1.165) is 46.4 Å². The van der Waals surface area contributed by atoms with Crippen LogP contribution in [0.2, 0.25) is 0 Å². The molecular weight excluding hydrogens is 390 g/mol. The lowest BCUT2D eigenvalue weighted by Gasteiger charge is -2.32. The molecule has 1 unspecified atom stereocenters. The van der Waals surface area contributed by atoms with Crippen LogP contribution in [0.4, 0.5) is 0 Å². The summed E-state index contributed by atoms with van der Waals surface area (Å²) in [6, 6.07) is 18.9. The Labute approximate surface area is 178 Å². The number of nitrogens with zero attached hydrogens (tertiary/aromatic N) is 3. The summed E-state index contributed by atoms with van der Waals surface area (Å²) in [5.41, 5.74) is 3.15. The van der Waals surface area contributed by atoms with E-state index >= 15 is 0 Å². The minimum absolute atomic E-state index is 0.115. The lowest BCUT2D eigenvalue weighted by atomic mass is 9.77. The van der Waals surface area contributed by atoms with Crippen LogP contribution in [-0.2, 0) is 4.79 Å². The van der Waals surface area contributed by atoms with Crippen LogP contribution >= 0.6 is 0 Å². The molecule has 0 spiro atoms. The molecule has 6 rings (SSSR count). The van der Waals surface area contributed by atoms with Crippen LogP contribution in [0.25, 0.3) is 16.5 Å². The predicted octanol–water partition coefficient (Wildman–Crippen LogP) is 4.66. The Bertz CT molecular complexity index is 1370. The first-order chi connectivity index (χ1) is 15.2. The van der Waals surface area contributed by atoms with Crippen molar-refractivity contribution in [3.8, 4) is 17.2 Å². The second-order valence-corrected chi connectivity index (χ2v) is 7.95. The maximum absolute atomic E-state index is 13.1. The smallest absolute Gasteiger partial charge is 0.163 e. The van der Waals surface area contributed by atoms with Crippen molar-refractivity contribution in [1.29, 1.82) is 0 Å². The zero-order valence-corrected chi connectivity index (χ0v) is 16.7. The van der Waals surface area contributed by atoms with Gasteiger partial charge >= 0.3 is 0 Å². The molecule has 1 N–H and O–H groups in total. The topological polar surface area (TPSA) is 77.2 Å². The van der Waals surface area contributed by atoms with E-state index in [1.165, 1.54) is 0 Å². The van der Waals surface area contributed by atoms with Crippen molar-refractivity contribution in [3.05, 3.63) is 89.5 Å². The van der Waals surface area contributed by atoms with Gasteiger partial charge in [0.2, 0.25) is 0 Å². The monoisotopic (exact) mass is 409 g/mol. The standard InChI is InChI=1S/C25H19N3O3/c29-17-11-9-16(10-12-17)28-14-19(26-27-28)24-23-18-5-2-1-4-15(18)8-13-22(23)31-21-7-3-6-20(30)25(21)24/h1-2,4-5,8-14,24,29H,3,6-7H2. The summed E-state index contributed by atoms with van der Waals surface area (Å²) in [5, 5.41) is 20.5. The number of fused-ring (bicyclic) bond motifs is 3. The normalized spacial score (nSPS) is 17.9. The van der Waals surface area contributed by atoms with Gasteiger partial charge in [0, 0.05) is 24.0 Å². The first-order valence-electron chi connectivity index (χ1n) is 10.4. The number of allylic oxidation sites excluding steroid dienone is 2. The molecule has 2 heterocycles. The average Bonchev–Trinajstić information content (AvgIpc) is 3.28. The molecule has 1 atom stereocenters. The van der Waals surface area contributed by atoms with Gasteiger partial charge in [-0.05, 0) is 47.5 Å². The van der Waals surface area contributed by atoms with E-state index in [1.807, 2.05) is 24.4 Å². The molecule has 3 aromatic carbocycles. The van der Waals surface area contributed by atoms with Crippen molar-refractivity contribution >= 4 is 16.6 Å². The third kappa shape index (κ3) is 2.83. The predicted molar refractivity (Wildman–Crippen MR) is 115 cm³/mol. The second-order valence-electron chi connectivity index (χ2n) is 7.95. The fraction of sp³-hybridized carbons (Fsp3) is 0.160. The van der Waals surface area contributed by atoms with Crippen LogP contribution in [0.15, 0.2) is 78.2 Å². The Morgan fingerprint density at radius 1 is 1.00 bits per heavy atom. The van der Waals surface area contributed by atoms with Crippen molar-refractivity contribution in [2.75, 3.05) is 0 Å². The summed E-state index contributed by atoms with van der Waals surface area (Å²) in [5.74, 6) is 1.50. The van der Waals surface area contributed by atoms with Gasteiger partial charge in [0.05, 0.1) is 23.5 Å². The Balaban J connectivity index is 1.57. The highest BCUT2D eigenvalue weighted by molar-refractivity contribution is 6.01. The number of Topliss-reactive ketones (excluding diaryl/α,β-unsaturated/α-hetero) is 1. The van der Waals surface area contributed by atoms with E-state index in [0.29, 0.717) is 17.7 Å². The van der Waals surface area contributed by atoms with Crippen molar-refractivity contribution in [3.63, 3.8) is 0 Å². The van der Waals surface area contributed by atoms with E-state index in [9.17, 15) is 9.90 Å². The molecular formula is C25H19N3O3. The summed E-state index contributed by atoms with van der Waals surface area (Å²) >= 11 is 0. The maximum atomic E-state index is 13.1. The van der Waals surface area contributed by atoms with Gasteiger partial charge in [-0.25, -0.2) is 4.68 Å². The molecule has 31 heavy (non-hydrogen) atoms. The molecule has 6 heteroatoms. The Morgan fingerprint density at radius 3 is 2.71 bits per heavy atom. The van der Waals surface area contributed by atoms with Crippen LogP contribution in [0.5, 0.6) is 11.5 Å². The Hall–Kier alpha value is -3.93. The number of hydrogen-bond acceptors (Lipinski definition) is 5. The summed E-state index contributed by atoms with van der Waals surface area (Å²) in [6.45, 7) is 0. The zero-order valence-electron chi connectivity index (χ0n) is 16.7. The summed E-state index contributed by atoms with van der Waals surface area (Å²) in [7, 11) is 0. The van der Waals surface area contributed by atoms with Gasteiger partial charge in [0.15, 0.2) is 5.78 Å². The third-order valence-corrected chi connectivity index (χ3v) is 6.07. The second kappa shape index (κ2) is 6.80. The fourth-order valence-corrected chi connectivity index (χ4v) is 4.64. The third-order valence-electron chi connectivity index (χ3n) is 6.07. The largest absolute Gasteiger partial charge is 0.508 e. The molecule has 4 aromatic rings. The molecule has 1 aliphatic heterocycles. The van der Waals surface area contributed by atoms with Crippen LogP contribution in [-0.4, -0.2) is 25.9 Å². The van der Waals surface area contributed by atoms with Gasteiger partial charge in [-0.3, -0.25) is 4.79 Å². The van der Waals surface area contributed by atoms with Gasteiger partial charge in [-0.15, -0.1) is 5.10 Å². The van der Waals surface area contributed by atoms with Crippen molar-refractivity contribution in [2.24, 2.45) is 0 Å². The van der Waals surface area contributed by atoms with E-state index in [2.05, 4.69) is 28.5 Å². The van der Waals surface area contributed by atoms with Gasteiger partial charge in [-0.2, -0.15) is 0 Å². The van der Waals surface area contributed by atoms with Crippen LogP contribution in [0.3, 0.4) is 0 Å². The van der Waals surface area contributed by atoms with Crippen LogP contribution < -0.4 is 4.74 Å². The molecule has 0 radical (unpaired) electrons. The highest BCUT2D eigenvalue weighted by atomic mass is 16.5. The lowest BCUT2D eigenvalue weighted by molar-refractivity contribution is -0.116. The van der Waals surface area contributed by atoms with E-state index in [1.54, 1.807) is 28.9 Å². The highest BCUT2D eigenvalue weighted by Gasteiger charge is 2.39. The molecule has 0 bridgehead atoms. The van der Waals surface area contributed by atoms with Crippen molar-refractivity contribution < 1.29 is 14.6 Å². The number of carbonyl (C=O) groups is 1. The molecule has 0 amide bonds. The van der Waals surface area contributed by atoms with E-state index < -0.39 is 0 Å². The number of phenols is 1. The van der Waals surface area contributed by atoms with Gasteiger partial charge in [0.25, 0.3) is 0 Å². The minimum atomic E-state index is -0.330. The number of carbonyl (C=O) groups excluding carboxylic acids is 1. The summed E-state index contributed by atoms with van der Waals surface area (Å²) in [4.78, 5) is 13.1. The minimum Gasteiger partial charge on any atom is -0.508 e. The Kier molecular flexibility index (Phi) is 3.93. The first-order valence-corrected chi connectivity index (χ1v) is 10.4. The molecule has 1 aromatic heterocycles. The summed E-state index contributed by atoms with van der Waals surface area (Å²) in [6.07, 6.45) is 3.93. The number of phenolic OH excluding ortho intramolecular Hbond substituents is 1. The molecule has 1 aliphatic carbocycles. The zero-order chi connectivity index (χ0) is 20.9. The van der Waals surface area contributed by atoms with E-state index in [4.69, 9.17) is 4.74 Å².